The van der Waals surface area contributed by atoms with Gasteiger partial charge in [0, 0.05) is 0 Å². The molecule has 0 aliphatic carbocycles. The zero-order valence-corrected chi connectivity index (χ0v) is 11.5. The van der Waals surface area contributed by atoms with Crippen molar-refractivity contribution in [1.29, 1.82) is 0 Å². The van der Waals surface area contributed by atoms with E-state index in [1.807, 2.05) is 54.6 Å². The Kier molecular flexibility index (Phi) is 7.11. The van der Waals surface area contributed by atoms with E-state index in [0.29, 0.717) is 5.75 Å². The second kappa shape index (κ2) is 8.98. The van der Waals surface area contributed by atoms with E-state index in [-0.39, 0.29) is 0 Å². The molecule has 0 saturated carbocycles. The molecule has 0 saturated heterocycles. The van der Waals surface area contributed by atoms with Crippen molar-refractivity contribution in [3.05, 3.63) is 72.3 Å². The molecular weight excluding hydrogens is 232 g/mol. The van der Waals surface area contributed by atoms with Gasteiger partial charge in [-0.15, -0.1) is 0 Å². The standard InChI is InChI=1S/C10H14O.C8H8/c1-2-3-6-9-7-4-5-8-10(9)11;1-2-8-6-4-3-5-7-8/h4-5,7-8,11H,2-3,6H2,1H3;2-7H,1H2. The first kappa shape index (κ1) is 15.0. The topological polar surface area (TPSA) is 20.2 Å². The van der Waals surface area contributed by atoms with E-state index < -0.39 is 0 Å². The van der Waals surface area contributed by atoms with Gasteiger partial charge in [0.05, 0.1) is 0 Å². The van der Waals surface area contributed by atoms with Crippen LogP contribution < -0.4 is 0 Å². The van der Waals surface area contributed by atoms with Gasteiger partial charge in [-0.2, -0.15) is 0 Å². The van der Waals surface area contributed by atoms with Crippen molar-refractivity contribution in [2.24, 2.45) is 0 Å². The van der Waals surface area contributed by atoms with Crippen molar-refractivity contribution in [3.8, 4) is 5.75 Å². The predicted octanol–water partition coefficient (Wildman–Crippen LogP) is 5.06. The fourth-order valence-corrected chi connectivity index (χ4v) is 1.68. The van der Waals surface area contributed by atoms with Crippen molar-refractivity contribution < 1.29 is 5.11 Å². The van der Waals surface area contributed by atoms with Crippen molar-refractivity contribution in [2.75, 3.05) is 0 Å². The van der Waals surface area contributed by atoms with Gasteiger partial charge in [-0.25, -0.2) is 0 Å². The Morgan fingerprint density at radius 1 is 1.00 bits per heavy atom. The molecule has 1 N–H and O–H groups in total. The van der Waals surface area contributed by atoms with Crippen molar-refractivity contribution in [1.82, 2.24) is 0 Å². The fraction of sp³-hybridized carbons (Fsp3) is 0.222. The van der Waals surface area contributed by atoms with E-state index in [1.165, 1.54) is 12.0 Å². The molecule has 2 aromatic carbocycles. The molecule has 0 radical (unpaired) electrons. The summed E-state index contributed by atoms with van der Waals surface area (Å²) in [5.41, 5.74) is 2.24. The summed E-state index contributed by atoms with van der Waals surface area (Å²) in [5, 5.41) is 9.34. The molecule has 0 amide bonds. The number of aryl methyl sites for hydroxylation is 1. The van der Waals surface area contributed by atoms with Gasteiger partial charge in [-0.05, 0) is 30.0 Å². The number of para-hydroxylation sites is 1. The molecule has 0 spiro atoms. The molecule has 2 rings (SSSR count). The van der Waals surface area contributed by atoms with Crippen molar-refractivity contribution in [3.63, 3.8) is 0 Å². The first-order valence-corrected chi connectivity index (χ1v) is 6.72. The zero-order chi connectivity index (χ0) is 13.9. The maximum absolute atomic E-state index is 9.34. The van der Waals surface area contributed by atoms with E-state index >= 15 is 0 Å². The molecule has 1 heteroatoms. The van der Waals surface area contributed by atoms with Crippen molar-refractivity contribution >= 4 is 6.08 Å². The monoisotopic (exact) mass is 254 g/mol. The lowest BCUT2D eigenvalue weighted by atomic mass is 10.1. The van der Waals surface area contributed by atoms with Gasteiger partial charge in [0.2, 0.25) is 0 Å². The van der Waals surface area contributed by atoms with E-state index in [0.717, 1.165) is 18.4 Å². The summed E-state index contributed by atoms with van der Waals surface area (Å²) in [5.74, 6) is 0.431. The third-order valence-electron chi connectivity index (χ3n) is 2.83. The first-order valence-electron chi connectivity index (χ1n) is 6.72. The minimum Gasteiger partial charge on any atom is -0.508 e. The highest BCUT2D eigenvalue weighted by molar-refractivity contribution is 5.45. The molecule has 100 valence electrons. The van der Waals surface area contributed by atoms with Gasteiger partial charge in [-0.3, -0.25) is 0 Å². The van der Waals surface area contributed by atoms with Gasteiger partial charge in [0.1, 0.15) is 5.75 Å². The Morgan fingerprint density at radius 2 is 1.63 bits per heavy atom. The SMILES string of the molecule is C=Cc1ccccc1.CCCCc1ccccc1O. The number of phenols is 1. The second-order valence-electron chi connectivity index (χ2n) is 4.35. The summed E-state index contributed by atoms with van der Waals surface area (Å²) in [6.07, 6.45) is 5.15. The summed E-state index contributed by atoms with van der Waals surface area (Å²) in [7, 11) is 0. The Bertz CT molecular complexity index is 474. The summed E-state index contributed by atoms with van der Waals surface area (Å²) in [4.78, 5) is 0. The minimum absolute atomic E-state index is 0.431. The molecule has 1 nitrogen and oxygen atoms in total. The van der Waals surface area contributed by atoms with Gasteiger partial charge < -0.3 is 5.11 Å². The lowest BCUT2D eigenvalue weighted by Gasteiger charge is -2.01. The smallest absolute Gasteiger partial charge is 0.118 e. The normalized spacial score (nSPS) is 9.32. The molecule has 2 aromatic rings. The molecule has 19 heavy (non-hydrogen) atoms. The molecule has 0 atom stereocenters. The van der Waals surface area contributed by atoms with Crippen LogP contribution in [0.1, 0.15) is 30.9 Å². The summed E-state index contributed by atoms with van der Waals surface area (Å²) < 4.78 is 0. The fourth-order valence-electron chi connectivity index (χ4n) is 1.68. The quantitative estimate of drug-likeness (QED) is 0.808. The minimum atomic E-state index is 0.431. The third kappa shape index (κ3) is 5.91. The molecule has 0 aliphatic rings. The van der Waals surface area contributed by atoms with Crippen LogP contribution in [0.2, 0.25) is 0 Å². The van der Waals surface area contributed by atoms with Crippen LogP contribution in [0.3, 0.4) is 0 Å². The predicted molar refractivity (Wildman–Crippen MR) is 83.3 cm³/mol. The molecule has 0 unspecified atom stereocenters. The van der Waals surface area contributed by atoms with Gasteiger partial charge in [0.15, 0.2) is 0 Å². The van der Waals surface area contributed by atoms with Crippen LogP contribution >= 0.6 is 0 Å². The summed E-state index contributed by atoms with van der Waals surface area (Å²) >= 11 is 0. The van der Waals surface area contributed by atoms with E-state index in [4.69, 9.17) is 0 Å². The molecule has 0 heterocycles. The zero-order valence-electron chi connectivity index (χ0n) is 11.5. The van der Waals surface area contributed by atoms with Crippen LogP contribution in [0.5, 0.6) is 5.75 Å². The largest absolute Gasteiger partial charge is 0.508 e. The molecule has 0 aliphatic heterocycles. The Hall–Kier alpha value is -2.02. The van der Waals surface area contributed by atoms with Gasteiger partial charge >= 0.3 is 0 Å². The number of hydrogen-bond acceptors (Lipinski definition) is 1. The van der Waals surface area contributed by atoms with E-state index in [9.17, 15) is 5.11 Å². The molecule has 0 bridgehead atoms. The summed E-state index contributed by atoms with van der Waals surface area (Å²) in [6, 6.07) is 17.6. The van der Waals surface area contributed by atoms with Crippen molar-refractivity contribution in [2.45, 2.75) is 26.2 Å². The highest BCUT2D eigenvalue weighted by Gasteiger charge is 1.96. The Morgan fingerprint density at radius 3 is 2.16 bits per heavy atom. The maximum Gasteiger partial charge on any atom is 0.118 e. The highest BCUT2D eigenvalue weighted by atomic mass is 16.3. The molecular formula is C18H22O. The Balaban J connectivity index is 0.000000200. The van der Waals surface area contributed by atoms with Crippen LogP contribution in [-0.4, -0.2) is 5.11 Å². The lowest BCUT2D eigenvalue weighted by molar-refractivity contribution is 0.467. The summed E-state index contributed by atoms with van der Waals surface area (Å²) in [6.45, 7) is 5.78. The average Bonchev–Trinajstić information content (AvgIpc) is 2.48. The number of benzene rings is 2. The number of rotatable bonds is 4. The van der Waals surface area contributed by atoms with Crippen LogP contribution in [0.4, 0.5) is 0 Å². The Labute approximate surface area is 116 Å². The van der Waals surface area contributed by atoms with Crippen LogP contribution in [-0.2, 0) is 6.42 Å². The first-order chi connectivity index (χ1) is 9.27. The van der Waals surface area contributed by atoms with Gasteiger partial charge in [-0.1, -0.05) is 74.5 Å². The number of hydrogen-bond donors (Lipinski definition) is 1. The van der Waals surface area contributed by atoms with Crippen LogP contribution in [0, 0.1) is 0 Å². The molecule has 0 fully saturated rings. The highest BCUT2D eigenvalue weighted by Crippen LogP contribution is 2.17. The van der Waals surface area contributed by atoms with Crippen LogP contribution in [0.15, 0.2) is 61.2 Å². The van der Waals surface area contributed by atoms with Crippen LogP contribution in [0.25, 0.3) is 6.08 Å². The maximum atomic E-state index is 9.34. The lowest BCUT2D eigenvalue weighted by Crippen LogP contribution is -1.83. The number of phenolic OH excluding ortho intramolecular Hbond substituents is 1. The van der Waals surface area contributed by atoms with Gasteiger partial charge in [0.25, 0.3) is 0 Å². The average molecular weight is 254 g/mol. The number of unbranched alkanes of at least 4 members (excludes halogenated alkanes) is 1. The second-order valence-corrected chi connectivity index (χ2v) is 4.35. The number of aromatic hydroxyl groups is 1. The third-order valence-corrected chi connectivity index (χ3v) is 2.83. The molecule has 0 aromatic heterocycles. The van der Waals surface area contributed by atoms with E-state index in [1.54, 1.807) is 6.07 Å². The van der Waals surface area contributed by atoms with E-state index in [2.05, 4.69) is 13.5 Å².